The van der Waals surface area contributed by atoms with Gasteiger partial charge in [0, 0.05) is 20.8 Å². The third kappa shape index (κ3) is 5.80. The Morgan fingerprint density at radius 2 is 2.06 bits per heavy atom. The van der Waals surface area contributed by atoms with E-state index in [0.29, 0.717) is 13.2 Å². The van der Waals surface area contributed by atoms with E-state index in [1.165, 1.54) is 0 Å². The first-order chi connectivity index (χ1) is 8.29. The predicted molar refractivity (Wildman–Crippen MR) is 80.1 cm³/mol. The summed E-state index contributed by atoms with van der Waals surface area (Å²) in [6.07, 6.45) is -0.0649. The molecular weight excluding hydrogens is 314 g/mol. The van der Waals surface area contributed by atoms with Crippen LogP contribution < -0.4 is 5.73 Å². The molecule has 2 unspecified atom stereocenters. The van der Waals surface area contributed by atoms with Crippen LogP contribution in [0.15, 0.2) is 15.9 Å². The van der Waals surface area contributed by atoms with Crippen LogP contribution in [-0.2, 0) is 9.47 Å². The quantitative estimate of drug-likeness (QED) is 0.805. The number of ether oxygens (including phenoxy) is 2. The number of rotatable bonds is 6. The van der Waals surface area contributed by atoms with Gasteiger partial charge in [0.1, 0.15) is 6.10 Å². The third-order valence-electron chi connectivity index (χ3n) is 2.26. The summed E-state index contributed by atoms with van der Waals surface area (Å²) >= 11 is 5.10. The van der Waals surface area contributed by atoms with Gasteiger partial charge in [-0.3, -0.25) is 0 Å². The van der Waals surface area contributed by atoms with E-state index in [1.807, 2.05) is 33.1 Å². The zero-order chi connectivity index (χ0) is 13.8. The highest BCUT2D eigenvalue weighted by Crippen LogP contribution is 2.29. The van der Waals surface area contributed by atoms with Crippen molar-refractivity contribution in [1.29, 1.82) is 0 Å². The second-order valence-electron chi connectivity index (χ2n) is 5.28. The topological polar surface area (TPSA) is 44.5 Å². The fourth-order valence-corrected chi connectivity index (χ4v) is 3.10. The SMILES string of the molecule is CC(N)C(OCCOC(C)(C)C)c1cc(Br)cs1. The highest BCUT2D eigenvalue weighted by molar-refractivity contribution is 9.10. The van der Waals surface area contributed by atoms with E-state index >= 15 is 0 Å². The molecule has 0 aliphatic rings. The zero-order valence-corrected chi connectivity index (χ0v) is 13.8. The predicted octanol–water partition coefficient (Wildman–Crippen LogP) is 3.73. The maximum absolute atomic E-state index is 5.97. The maximum Gasteiger partial charge on any atom is 0.107 e. The summed E-state index contributed by atoms with van der Waals surface area (Å²) in [4.78, 5) is 1.15. The summed E-state index contributed by atoms with van der Waals surface area (Å²) in [6.45, 7) is 9.20. The lowest BCUT2D eigenvalue weighted by molar-refractivity contribution is -0.0551. The summed E-state index contributed by atoms with van der Waals surface area (Å²) in [5, 5.41) is 2.04. The van der Waals surface area contributed by atoms with Gasteiger partial charge in [0.05, 0.1) is 18.8 Å². The smallest absolute Gasteiger partial charge is 0.107 e. The van der Waals surface area contributed by atoms with Crippen molar-refractivity contribution in [2.24, 2.45) is 5.73 Å². The fourth-order valence-electron chi connectivity index (χ4n) is 1.49. The van der Waals surface area contributed by atoms with Crippen molar-refractivity contribution in [3.05, 3.63) is 20.8 Å². The molecule has 1 aromatic rings. The van der Waals surface area contributed by atoms with Crippen molar-refractivity contribution in [3.63, 3.8) is 0 Å². The molecule has 18 heavy (non-hydrogen) atoms. The second kappa shape index (κ2) is 7.01. The van der Waals surface area contributed by atoms with Crippen molar-refractivity contribution in [1.82, 2.24) is 0 Å². The molecule has 1 rings (SSSR count). The van der Waals surface area contributed by atoms with Crippen LogP contribution in [0.25, 0.3) is 0 Å². The largest absolute Gasteiger partial charge is 0.373 e. The van der Waals surface area contributed by atoms with Gasteiger partial charge in [0.2, 0.25) is 0 Å². The maximum atomic E-state index is 5.97. The molecule has 0 saturated heterocycles. The Labute approximate surface area is 122 Å². The molecule has 3 nitrogen and oxygen atoms in total. The molecule has 0 amide bonds. The van der Waals surface area contributed by atoms with Crippen molar-refractivity contribution in [2.45, 2.75) is 45.4 Å². The molecule has 5 heteroatoms. The van der Waals surface area contributed by atoms with Crippen molar-refractivity contribution in [2.75, 3.05) is 13.2 Å². The molecule has 0 aliphatic carbocycles. The molecule has 104 valence electrons. The molecule has 0 spiro atoms. The Bertz CT molecular complexity index is 360. The van der Waals surface area contributed by atoms with Crippen LogP contribution in [0, 0.1) is 0 Å². The van der Waals surface area contributed by atoms with Crippen LogP contribution in [-0.4, -0.2) is 24.9 Å². The first kappa shape index (κ1) is 16.1. The summed E-state index contributed by atoms with van der Waals surface area (Å²) in [7, 11) is 0. The summed E-state index contributed by atoms with van der Waals surface area (Å²) in [6, 6.07) is 2.02. The zero-order valence-electron chi connectivity index (χ0n) is 11.4. The Kier molecular flexibility index (Phi) is 6.27. The molecule has 1 aromatic heterocycles. The number of nitrogens with two attached hydrogens (primary N) is 1. The number of hydrogen-bond donors (Lipinski definition) is 1. The summed E-state index contributed by atoms with van der Waals surface area (Å²) in [5.74, 6) is 0. The first-order valence-electron chi connectivity index (χ1n) is 6.04. The normalized spacial score (nSPS) is 15.7. The van der Waals surface area contributed by atoms with E-state index in [2.05, 4.69) is 22.0 Å². The Balaban J connectivity index is 2.45. The van der Waals surface area contributed by atoms with Gasteiger partial charge in [0.15, 0.2) is 0 Å². The Morgan fingerprint density at radius 1 is 1.39 bits per heavy atom. The number of halogens is 1. The molecule has 0 saturated carbocycles. The third-order valence-corrected chi connectivity index (χ3v) is 4.02. The highest BCUT2D eigenvalue weighted by atomic mass is 79.9. The molecule has 2 atom stereocenters. The lowest BCUT2D eigenvalue weighted by Gasteiger charge is -2.23. The van der Waals surface area contributed by atoms with Gasteiger partial charge in [-0.25, -0.2) is 0 Å². The van der Waals surface area contributed by atoms with Crippen LogP contribution in [0.1, 0.15) is 38.7 Å². The first-order valence-corrected chi connectivity index (χ1v) is 7.72. The standard InChI is InChI=1S/C13H22BrNO2S/c1-9(15)12(11-7-10(14)8-18-11)16-5-6-17-13(2,3)4/h7-9,12H,5-6,15H2,1-4H3. The van der Waals surface area contributed by atoms with E-state index in [9.17, 15) is 0 Å². The molecule has 0 radical (unpaired) electrons. The van der Waals surface area contributed by atoms with E-state index in [-0.39, 0.29) is 17.7 Å². The Hall–Kier alpha value is 0.0600. The molecule has 0 aliphatic heterocycles. The van der Waals surface area contributed by atoms with Gasteiger partial charge < -0.3 is 15.2 Å². The van der Waals surface area contributed by atoms with Crippen LogP contribution in [0.2, 0.25) is 0 Å². The highest BCUT2D eigenvalue weighted by Gasteiger charge is 2.19. The van der Waals surface area contributed by atoms with Crippen LogP contribution >= 0.6 is 27.3 Å². The van der Waals surface area contributed by atoms with Gasteiger partial charge in [-0.1, -0.05) is 0 Å². The van der Waals surface area contributed by atoms with E-state index in [0.717, 1.165) is 9.35 Å². The van der Waals surface area contributed by atoms with Crippen molar-refractivity contribution < 1.29 is 9.47 Å². The van der Waals surface area contributed by atoms with Gasteiger partial charge in [-0.15, -0.1) is 11.3 Å². The average Bonchev–Trinajstić information content (AvgIpc) is 2.62. The summed E-state index contributed by atoms with van der Waals surface area (Å²) < 4.78 is 12.5. The van der Waals surface area contributed by atoms with Gasteiger partial charge in [-0.05, 0) is 49.7 Å². The molecule has 0 aromatic carbocycles. The van der Waals surface area contributed by atoms with Crippen molar-refractivity contribution in [3.8, 4) is 0 Å². The molecule has 0 fully saturated rings. The molecule has 2 N–H and O–H groups in total. The van der Waals surface area contributed by atoms with E-state index < -0.39 is 0 Å². The van der Waals surface area contributed by atoms with Crippen molar-refractivity contribution >= 4 is 27.3 Å². The average molecular weight is 336 g/mol. The minimum atomic E-state index is -0.126. The lowest BCUT2D eigenvalue weighted by atomic mass is 10.1. The lowest BCUT2D eigenvalue weighted by Crippen LogP contribution is -2.28. The van der Waals surface area contributed by atoms with E-state index in [1.54, 1.807) is 11.3 Å². The number of thiophene rings is 1. The van der Waals surface area contributed by atoms with Crippen LogP contribution in [0.4, 0.5) is 0 Å². The minimum Gasteiger partial charge on any atom is -0.373 e. The van der Waals surface area contributed by atoms with Crippen LogP contribution in [0.3, 0.4) is 0 Å². The molecule has 0 bridgehead atoms. The van der Waals surface area contributed by atoms with Gasteiger partial charge in [0.25, 0.3) is 0 Å². The Morgan fingerprint density at radius 3 is 2.50 bits per heavy atom. The second-order valence-corrected chi connectivity index (χ2v) is 7.14. The molecular formula is C13H22BrNO2S. The van der Waals surface area contributed by atoms with Gasteiger partial charge >= 0.3 is 0 Å². The molecule has 1 heterocycles. The number of hydrogen-bond acceptors (Lipinski definition) is 4. The summed E-state index contributed by atoms with van der Waals surface area (Å²) in [5.41, 5.74) is 5.85. The van der Waals surface area contributed by atoms with Gasteiger partial charge in [-0.2, -0.15) is 0 Å². The van der Waals surface area contributed by atoms with E-state index in [4.69, 9.17) is 15.2 Å². The van der Waals surface area contributed by atoms with Crippen LogP contribution in [0.5, 0.6) is 0 Å². The fraction of sp³-hybridized carbons (Fsp3) is 0.692. The minimum absolute atomic E-state index is 0.0369. The monoisotopic (exact) mass is 335 g/mol.